The fraction of sp³-hybridized carbons (Fsp3) is 0.407. The number of hydrogen-bond acceptors (Lipinski definition) is 10. The number of ether oxygens (including phenoxy) is 3. The average molecular weight is 522 g/mol. The molecule has 11 heteroatoms. The molecule has 0 spiro atoms. The maximum atomic E-state index is 12.9. The van der Waals surface area contributed by atoms with Gasteiger partial charge in [0.05, 0.1) is 36.3 Å². The van der Waals surface area contributed by atoms with Crippen molar-refractivity contribution in [1.82, 2.24) is 29.7 Å². The van der Waals surface area contributed by atoms with Crippen molar-refractivity contribution in [2.75, 3.05) is 66.4 Å². The molecule has 0 bridgehead atoms. The van der Waals surface area contributed by atoms with Crippen molar-refractivity contribution in [3.05, 3.63) is 46.4 Å². The number of nitrogens with one attached hydrogen (secondary N) is 2. The van der Waals surface area contributed by atoms with E-state index in [4.69, 9.17) is 14.2 Å². The summed E-state index contributed by atoms with van der Waals surface area (Å²) in [6, 6.07) is 8.95. The number of likely N-dealkylation sites (N-methyl/N-ethyl adjacent to an activating group) is 2. The smallest absolute Gasteiger partial charge is 0.260 e. The fourth-order valence-electron chi connectivity index (χ4n) is 4.10. The Labute approximate surface area is 221 Å². The molecule has 4 rings (SSSR count). The van der Waals surface area contributed by atoms with E-state index >= 15 is 0 Å². The largest absolute Gasteiger partial charge is 0.493 e. The highest BCUT2D eigenvalue weighted by molar-refractivity contribution is 5.86. The highest BCUT2D eigenvalue weighted by Gasteiger charge is 2.13. The maximum absolute atomic E-state index is 12.9. The van der Waals surface area contributed by atoms with Gasteiger partial charge in [-0.15, -0.1) is 0 Å². The Morgan fingerprint density at radius 3 is 2.39 bits per heavy atom. The first-order valence-electron chi connectivity index (χ1n) is 12.5. The SMILES string of the molecule is CCN(CCOc1ccc2nc(Nc3nc(C)c4cc(OC)c(OC)cc4n3)[nH]c(=O)c2c1)CCN(C)C. The predicted octanol–water partition coefficient (Wildman–Crippen LogP) is 3.20. The molecule has 2 aromatic heterocycles. The molecule has 0 saturated carbocycles. The van der Waals surface area contributed by atoms with Crippen LogP contribution in [0.25, 0.3) is 21.8 Å². The minimum absolute atomic E-state index is 0.245. The third-order valence-electron chi connectivity index (χ3n) is 6.29. The molecule has 0 aliphatic carbocycles. The lowest BCUT2D eigenvalue weighted by molar-refractivity contribution is 0.201. The zero-order valence-electron chi connectivity index (χ0n) is 22.8. The van der Waals surface area contributed by atoms with Gasteiger partial charge in [-0.3, -0.25) is 20.0 Å². The van der Waals surface area contributed by atoms with Gasteiger partial charge in [-0.2, -0.15) is 0 Å². The summed E-state index contributed by atoms with van der Waals surface area (Å²) in [6.07, 6.45) is 0. The molecule has 4 aromatic rings. The summed E-state index contributed by atoms with van der Waals surface area (Å²) in [5.74, 6) is 2.35. The van der Waals surface area contributed by atoms with E-state index in [0.29, 0.717) is 46.2 Å². The van der Waals surface area contributed by atoms with E-state index in [1.165, 1.54) is 0 Å². The van der Waals surface area contributed by atoms with Gasteiger partial charge in [0.25, 0.3) is 5.56 Å². The summed E-state index contributed by atoms with van der Waals surface area (Å²) >= 11 is 0. The number of nitrogens with zero attached hydrogens (tertiary/aromatic N) is 5. The van der Waals surface area contributed by atoms with Crippen LogP contribution < -0.4 is 25.1 Å². The molecule has 2 aromatic carbocycles. The molecule has 2 heterocycles. The number of H-pyrrole nitrogens is 1. The van der Waals surface area contributed by atoms with E-state index in [-0.39, 0.29) is 11.5 Å². The normalized spacial score (nSPS) is 11.5. The van der Waals surface area contributed by atoms with Gasteiger partial charge in [0.15, 0.2) is 11.5 Å². The number of aromatic amines is 1. The van der Waals surface area contributed by atoms with E-state index in [1.807, 2.05) is 19.1 Å². The van der Waals surface area contributed by atoms with Crippen molar-refractivity contribution < 1.29 is 14.2 Å². The first kappa shape index (κ1) is 27.1. The van der Waals surface area contributed by atoms with E-state index in [9.17, 15) is 4.79 Å². The van der Waals surface area contributed by atoms with Crippen molar-refractivity contribution in [3.63, 3.8) is 0 Å². The molecule has 0 amide bonds. The first-order chi connectivity index (χ1) is 18.3. The van der Waals surface area contributed by atoms with Crippen molar-refractivity contribution in [3.8, 4) is 17.2 Å². The van der Waals surface area contributed by atoms with Crippen LogP contribution in [0.4, 0.5) is 11.9 Å². The van der Waals surface area contributed by atoms with E-state index in [0.717, 1.165) is 37.3 Å². The van der Waals surface area contributed by atoms with Crippen LogP contribution in [0.2, 0.25) is 0 Å². The van der Waals surface area contributed by atoms with Gasteiger partial charge in [-0.25, -0.2) is 15.0 Å². The van der Waals surface area contributed by atoms with Crippen LogP contribution in [-0.2, 0) is 0 Å². The minimum atomic E-state index is -0.284. The summed E-state index contributed by atoms with van der Waals surface area (Å²) in [4.78, 5) is 33.8. The zero-order chi connectivity index (χ0) is 27.2. The second kappa shape index (κ2) is 12.1. The monoisotopic (exact) mass is 521 g/mol. The van der Waals surface area contributed by atoms with Gasteiger partial charge in [0, 0.05) is 31.1 Å². The Balaban J connectivity index is 1.50. The summed E-state index contributed by atoms with van der Waals surface area (Å²) in [5.41, 5.74) is 1.67. The average Bonchev–Trinajstić information content (AvgIpc) is 2.90. The molecule has 0 saturated heterocycles. The lowest BCUT2D eigenvalue weighted by Crippen LogP contribution is -2.34. The lowest BCUT2D eigenvalue weighted by Gasteiger charge is -2.22. The summed E-state index contributed by atoms with van der Waals surface area (Å²) < 4.78 is 16.7. The number of fused-ring (bicyclic) bond motifs is 2. The number of anilines is 2. The highest BCUT2D eigenvalue weighted by atomic mass is 16.5. The molecule has 0 aliphatic heterocycles. The van der Waals surface area contributed by atoms with E-state index < -0.39 is 0 Å². The number of benzene rings is 2. The van der Waals surface area contributed by atoms with Crippen LogP contribution >= 0.6 is 0 Å². The van der Waals surface area contributed by atoms with Crippen molar-refractivity contribution in [2.24, 2.45) is 0 Å². The molecule has 0 radical (unpaired) electrons. The summed E-state index contributed by atoms with van der Waals surface area (Å²) in [5, 5.41) is 4.30. The van der Waals surface area contributed by atoms with Crippen LogP contribution in [0.15, 0.2) is 35.1 Å². The third kappa shape index (κ3) is 6.29. The third-order valence-corrected chi connectivity index (χ3v) is 6.29. The van der Waals surface area contributed by atoms with Crippen LogP contribution in [0.1, 0.15) is 12.6 Å². The second-order valence-corrected chi connectivity index (χ2v) is 9.16. The molecule has 11 nitrogen and oxygen atoms in total. The van der Waals surface area contributed by atoms with Gasteiger partial charge >= 0.3 is 0 Å². The Morgan fingerprint density at radius 1 is 0.921 bits per heavy atom. The van der Waals surface area contributed by atoms with Crippen LogP contribution in [-0.4, -0.2) is 90.8 Å². The Kier molecular flexibility index (Phi) is 8.59. The molecular weight excluding hydrogens is 486 g/mol. The van der Waals surface area contributed by atoms with Crippen molar-refractivity contribution in [1.29, 1.82) is 0 Å². The molecule has 202 valence electrons. The Morgan fingerprint density at radius 2 is 1.68 bits per heavy atom. The summed E-state index contributed by atoms with van der Waals surface area (Å²) in [7, 11) is 7.29. The van der Waals surface area contributed by atoms with Crippen molar-refractivity contribution in [2.45, 2.75) is 13.8 Å². The van der Waals surface area contributed by atoms with Gasteiger partial charge in [-0.1, -0.05) is 6.92 Å². The molecule has 0 unspecified atom stereocenters. The topological polar surface area (TPSA) is 118 Å². The number of rotatable bonds is 12. The number of hydrogen-bond donors (Lipinski definition) is 2. The van der Waals surface area contributed by atoms with Crippen LogP contribution in [0.5, 0.6) is 17.2 Å². The Bertz CT molecular complexity index is 1470. The van der Waals surface area contributed by atoms with E-state index in [1.54, 1.807) is 32.4 Å². The highest BCUT2D eigenvalue weighted by Crippen LogP contribution is 2.33. The number of methoxy groups -OCH3 is 2. The zero-order valence-corrected chi connectivity index (χ0v) is 22.8. The van der Waals surface area contributed by atoms with Gasteiger partial charge in [0.2, 0.25) is 11.9 Å². The van der Waals surface area contributed by atoms with Crippen LogP contribution in [0, 0.1) is 6.92 Å². The lowest BCUT2D eigenvalue weighted by atomic mass is 10.1. The minimum Gasteiger partial charge on any atom is -0.493 e. The molecule has 38 heavy (non-hydrogen) atoms. The van der Waals surface area contributed by atoms with Gasteiger partial charge < -0.3 is 19.1 Å². The second-order valence-electron chi connectivity index (χ2n) is 9.16. The van der Waals surface area contributed by atoms with Gasteiger partial charge in [-0.05, 0) is 51.8 Å². The quantitative estimate of drug-likeness (QED) is 0.288. The fourth-order valence-corrected chi connectivity index (χ4v) is 4.10. The van der Waals surface area contributed by atoms with Crippen LogP contribution in [0.3, 0.4) is 0 Å². The van der Waals surface area contributed by atoms with Crippen molar-refractivity contribution >= 4 is 33.7 Å². The number of aryl methyl sites for hydroxylation is 1. The first-order valence-corrected chi connectivity index (χ1v) is 12.5. The maximum Gasteiger partial charge on any atom is 0.260 e. The molecular formula is C27H35N7O4. The standard InChI is InChI=1S/C27H35N7O4/c1-7-34(11-10-33(3)4)12-13-38-18-8-9-21-20(14-18)25(35)31-27(29-21)32-26-28-17(2)19-15-23(36-5)24(37-6)16-22(19)30-26/h8-9,14-16H,7,10-13H2,1-6H3,(H2,28,29,30,31,32,35). The number of aromatic nitrogens is 4. The molecule has 0 fully saturated rings. The molecule has 0 atom stereocenters. The van der Waals surface area contributed by atoms with Gasteiger partial charge in [0.1, 0.15) is 12.4 Å². The predicted molar refractivity (Wildman–Crippen MR) is 149 cm³/mol. The Hall–Kier alpha value is -3.96. The molecule has 2 N–H and O–H groups in total. The summed E-state index contributed by atoms with van der Waals surface area (Å²) in [6.45, 7) is 8.29. The molecule has 0 aliphatic rings. The van der Waals surface area contributed by atoms with E-state index in [2.05, 4.69) is 56.1 Å².